The monoisotopic (exact) mass is 464 g/mol. The first-order valence-corrected chi connectivity index (χ1v) is 9.32. The van der Waals surface area contributed by atoms with Crippen LogP contribution in [0, 0.1) is 5.82 Å². The van der Waals surface area contributed by atoms with Crippen LogP contribution in [0.15, 0.2) is 30.3 Å². The number of hydrogen-bond acceptors (Lipinski definition) is 3. The Hall–Kier alpha value is -2.59. The number of rotatable bonds is 3. The van der Waals surface area contributed by atoms with Crippen LogP contribution in [0.2, 0.25) is 10.0 Å². The summed E-state index contributed by atoms with van der Waals surface area (Å²) in [5.41, 5.74) is -1.32. The molecule has 0 bridgehead atoms. The molecule has 1 atom stereocenters. The first-order valence-electron chi connectivity index (χ1n) is 8.57. The van der Waals surface area contributed by atoms with Gasteiger partial charge in [0.25, 0.3) is 0 Å². The summed E-state index contributed by atoms with van der Waals surface area (Å²) in [4.78, 5) is 29.0. The number of alkyl halides is 3. The summed E-state index contributed by atoms with van der Waals surface area (Å²) in [5.74, 6) is -1.11. The fraction of sp³-hybridized carbons (Fsp3) is 0.278. The predicted octanol–water partition coefficient (Wildman–Crippen LogP) is 3.78. The Bertz CT molecular complexity index is 987. The highest BCUT2D eigenvalue weighted by atomic mass is 35.5. The molecular weight excluding hydrogens is 451 g/mol. The molecule has 1 aromatic carbocycles. The van der Waals surface area contributed by atoms with Gasteiger partial charge in [-0.25, -0.2) is 14.2 Å². The van der Waals surface area contributed by atoms with E-state index in [1.54, 1.807) is 0 Å². The van der Waals surface area contributed by atoms with Crippen LogP contribution in [-0.4, -0.2) is 41.5 Å². The number of nitrogens with one attached hydrogen (secondary N) is 2. The van der Waals surface area contributed by atoms with Crippen LogP contribution >= 0.6 is 23.2 Å². The first kappa shape index (κ1) is 22.1. The van der Waals surface area contributed by atoms with Crippen molar-refractivity contribution < 1.29 is 27.2 Å². The van der Waals surface area contributed by atoms with E-state index in [2.05, 4.69) is 15.6 Å². The second kappa shape index (κ2) is 8.65. The number of benzene rings is 1. The zero-order chi connectivity index (χ0) is 22.1. The summed E-state index contributed by atoms with van der Waals surface area (Å²) in [6.45, 7) is 0.220. The van der Waals surface area contributed by atoms with Gasteiger partial charge in [0.2, 0.25) is 5.91 Å². The van der Waals surface area contributed by atoms with E-state index in [1.165, 1.54) is 23.1 Å². The lowest BCUT2D eigenvalue weighted by molar-refractivity contribution is -0.141. The van der Waals surface area contributed by atoms with Gasteiger partial charge < -0.3 is 15.5 Å². The maximum absolute atomic E-state index is 13.6. The van der Waals surface area contributed by atoms with Gasteiger partial charge in [0.05, 0.1) is 21.8 Å². The molecule has 3 rings (SSSR count). The highest BCUT2D eigenvalue weighted by molar-refractivity contribution is 6.31. The molecule has 0 saturated carbocycles. The fourth-order valence-electron chi connectivity index (χ4n) is 2.86. The van der Waals surface area contributed by atoms with Crippen LogP contribution in [0.3, 0.4) is 0 Å². The van der Waals surface area contributed by atoms with Crippen molar-refractivity contribution in [2.45, 2.75) is 12.2 Å². The molecule has 12 heteroatoms. The van der Waals surface area contributed by atoms with Crippen molar-refractivity contribution in [1.82, 2.24) is 20.5 Å². The summed E-state index contributed by atoms with van der Waals surface area (Å²) in [6.07, 6.45) is -4.83. The zero-order valence-corrected chi connectivity index (χ0v) is 16.6. The van der Waals surface area contributed by atoms with Crippen LogP contribution in [0.5, 0.6) is 0 Å². The smallest absolute Gasteiger partial charge is 0.353 e. The van der Waals surface area contributed by atoms with Gasteiger partial charge in [0.15, 0.2) is 5.69 Å². The molecule has 1 aromatic heterocycles. The standard InChI is InChI=1S/C18H14Cl2F4N4O2/c19-10-2-4-13(26-16(10)18(22,23)24)15(9-1-3-12(21)11(20)7-9)27-17(30)28-6-5-25-14(29)8-28/h1-4,7,15H,5-6,8H2,(H,25,29)(H,27,30)/t15-/m1/s1. The molecule has 3 amide bonds. The van der Waals surface area contributed by atoms with Gasteiger partial charge in [-0.2, -0.15) is 13.2 Å². The summed E-state index contributed by atoms with van der Waals surface area (Å²) in [6, 6.07) is 3.76. The van der Waals surface area contributed by atoms with Gasteiger partial charge in [-0.05, 0) is 29.8 Å². The lowest BCUT2D eigenvalue weighted by Crippen LogP contribution is -2.53. The van der Waals surface area contributed by atoms with Crippen molar-refractivity contribution >= 4 is 35.1 Å². The van der Waals surface area contributed by atoms with E-state index in [-0.39, 0.29) is 41.8 Å². The Morgan fingerprint density at radius 2 is 1.93 bits per heavy atom. The Kier molecular flexibility index (Phi) is 6.37. The van der Waals surface area contributed by atoms with Crippen LogP contribution < -0.4 is 10.6 Å². The van der Waals surface area contributed by atoms with E-state index >= 15 is 0 Å². The second-order valence-electron chi connectivity index (χ2n) is 6.39. The quantitative estimate of drug-likeness (QED) is 0.678. The van der Waals surface area contributed by atoms with Crippen LogP contribution in [0.4, 0.5) is 22.4 Å². The van der Waals surface area contributed by atoms with E-state index in [1.807, 2.05) is 0 Å². The molecule has 2 N–H and O–H groups in total. The molecule has 1 fully saturated rings. The second-order valence-corrected chi connectivity index (χ2v) is 7.21. The zero-order valence-electron chi connectivity index (χ0n) is 15.1. The average Bonchev–Trinajstić information content (AvgIpc) is 2.68. The molecule has 0 radical (unpaired) electrons. The molecule has 1 aliphatic rings. The average molecular weight is 465 g/mol. The summed E-state index contributed by atoms with van der Waals surface area (Å²) in [5, 5.41) is 4.20. The summed E-state index contributed by atoms with van der Waals surface area (Å²) in [7, 11) is 0. The van der Waals surface area contributed by atoms with E-state index in [0.717, 1.165) is 12.1 Å². The van der Waals surface area contributed by atoms with Crippen molar-refractivity contribution in [2.24, 2.45) is 0 Å². The number of carbonyl (C=O) groups excluding carboxylic acids is 2. The molecule has 1 saturated heterocycles. The number of halogens is 6. The highest BCUT2D eigenvalue weighted by Crippen LogP contribution is 2.35. The molecule has 6 nitrogen and oxygen atoms in total. The SMILES string of the molecule is O=C1CN(C(=O)N[C@H](c2ccc(F)c(Cl)c2)c2ccc(Cl)c(C(F)(F)F)n2)CCN1. The van der Waals surface area contributed by atoms with Gasteiger partial charge >= 0.3 is 12.2 Å². The topological polar surface area (TPSA) is 74.3 Å². The molecule has 0 aliphatic carbocycles. The minimum Gasteiger partial charge on any atom is -0.353 e. The minimum atomic E-state index is -4.83. The van der Waals surface area contributed by atoms with E-state index in [4.69, 9.17) is 23.2 Å². The Morgan fingerprint density at radius 1 is 1.20 bits per heavy atom. The molecule has 2 heterocycles. The number of piperazine rings is 1. The largest absolute Gasteiger partial charge is 0.434 e. The highest BCUT2D eigenvalue weighted by Gasteiger charge is 2.36. The lowest BCUT2D eigenvalue weighted by Gasteiger charge is -2.29. The Balaban J connectivity index is 2.01. The number of aromatic nitrogens is 1. The third-order valence-electron chi connectivity index (χ3n) is 4.30. The van der Waals surface area contributed by atoms with Gasteiger partial charge in [-0.3, -0.25) is 4.79 Å². The third-order valence-corrected chi connectivity index (χ3v) is 4.90. The van der Waals surface area contributed by atoms with Gasteiger partial charge in [0.1, 0.15) is 12.4 Å². The van der Waals surface area contributed by atoms with Crippen molar-refractivity contribution in [3.05, 3.63) is 63.1 Å². The number of carbonyl (C=O) groups is 2. The van der Waals surface area contributed by atoms with Crippen molar-refractivity contribution in [3.63, 3.8) is 0 Å². The van der Waals surface area contributed by atoms with Gasteiger partial charge in [-0.15, -0.1) is 0 Å². The Labute approximate surface area is 178 Å². The minimum absolute atomic E-state index is 0.191. The molecule has 160 valence electrons. The Morgan fingerprint density at radius 3 is 2.57 bits per heavy atom. The lowest BCUT2D eigenvalue weighted by atomic mass is 10.0. The number of hydrogen-bond donors (Lipinski definition) is 2. The van der Waals surface area contributed by atoms with Gasteiger partial charge in [-0.1, -0.05) is 29.3 Å². The van der Waals surface area contributed by atoms with Crippen molar-refractivity contribution in [1.29, 1.82) is 0 Å². The first-order chi connectivity index (χ1) is 14.1. The van der Waals surface area contributed by atoms with Crippen molar-refractivity contribution in [2.75, 3.05) is 19.6 Å². The fourth-order valence-corrected chi connectivity index (χ4v) is 3.26. The van der Waals surface area contributed by atoms with Crippen molar-refractivity contribution in [3.8, 4) is 0 Å². The number of nitrogens with zero attached hydrogens (tertiary/aromatic N) is 2. The third kappa shape index (κ3) is 4.93. The maximum Gasteiger partial charge on any atom is 0.434 e. The van der Waals surface area contributed by atoms with Gasteiger partial charge in [0, 0.05) is 13.1 Å². The molecule has 30 heavy (non-hydrogen) atoms. The van der Waals surface area contributed by atoms with E-state index in [9.17, 15) is 27.2 Å². The van der Waals surface area contributed by atoms with Crippen LogP contribution in [0.1, 0.15) is 23.0 Å². The normalized spacial score (nSPS) is 15.5. The summed E-state index contributed by atoms with van der Waals surface area (Å²) >= 11 is 11.4. The summed E-state index contributed by atoms with van der Waals surface area (Å²) < 4.78 is 53.3. The molecular formula is C18H14Cl2F4N4O2. The predicted molar refractivity (Wildman–Crippen MR) is 101 cm³/mol. The van der Waals surface area contributed by atoms with E-state index in [0.29, 0.717) is 0 Å². The molecule has 0 spiro atoms. The molecule has 0 unspecified atom stereocenters. The van der Waals surface area contributed by atoms with Crippen LogP contribution in [0.25, 0.3) is 0 Å². The van der Waals surface area contributed by atoms with Crippen LogP contribution in [-0.2, 0) is 11.0 Å². The number of urea groups is 1. The molecule has 1 aliphatic heterocycles. The van der Waals surface area contributed by atoms with E-state index < -0.39 is 34.8 Å². The number of amides is 3. The number of pyridine rings is 1. The molecule has 2 aromatic rings. The maximum atomic E-state index is 13.6.